The summed E-state index contributed by atoms with van der Waals surface area (Å²) in [6, 6.07) is 0. The fraction of sp³-hybridized carbons (Fsp3) is 0.533. The molecule has 0 radical (unpaired) electrons. The number of hydrogen-bond donors (Lipinski definition) is 0. The molecule has 1 saturated heterocycles. The van der Waals surface area contributed by atoms with Gasteiger partial charge in [-0.15, -0.1) is 11.8 Å². The molecule has 20 heavy (non-hydrogen) atoms. The molecule has 1 fully saturated rings. The molecule has 2 rings (SSSR count). The maximum Gasteiger partial charge on any atom is 0.347 e. The maximum atomic E-state index is 11.8. The predicted molar refractivity (Wildman–Crippen MR) is 80.7 cm³/mol. The lowest BCUT2D eigenvalue weighted by Gasteiger charge is -2.14. The van der Waals surface area contributed by atoms with Crippen molar-refractivity contribution >= 4 is 29.2 Å². The lowest BCUT2D eigenvalue weighted by Crippen LogP contribution is -2.18. The number of nitrogens with zero attached hydrogens (tertiary/aromatic N) is 1. The van der Waals surface area contributed by atoms with Crippen molar-refractivity contribution in [1.29, 1.82) is 0 Å². The minimum atomic E-state index is -0.288. The van der Waals surface area contributed by atoms with Crippen molar-refractivity contribution in [1.82, 2.24) is 0 Å². The predicted octanol–water partition coefficient (Wildman–Crippen LogP) is 2.89. The van der Waals surface area contributed by atoms with Crippen LogP contribution in [0.5, 0.6) is 0 Å². The fourth-order valence-electron chi connectivity index (χ4n) is 2.15. The Balaban J connectivity index is 2.09. The van der Waals surface area contributed by atoms with Gasteiger partial charge in [0.2, 0.25) is 0 Å². The summed E-state index contributed by atoms with van der Waals surface area (Å²) in [6.45, 7) is 5.70. The summed E-state index contributed by atoms with van der Waals surface area (Å²) in [5, 5.41) is 3.84. The molecule has 5 heteroatoms. The van der Waals surface area contributed by atoms with Crippen molar-refractivity contribution in [3.05, 3.63) is 23.3 Å². The smallest absolute Gasteiger partial charge is 0.316 e. The topological polar surface area (TPSA) is 55.7 Å². The fourth-order valence-corrected chi connectivity index (χ4v) is 3.28. The van der Waals surface area contributed by atoms with Crippen LogP contribution in [-0.4, -0.2) is 28.5 Å². The van der Waals surface area contributed by atoms with Crippen molar-refractivity contribution in [2.45, 2.75) is 38.9 Å². The Bertz CT molecular complexity index is 511. The van der Waals surface area contributed by atoms with E-state index in [4.69, 9.17) is 4.84 Å². The van der Waals surface area contributed by atoms with Gasteiger partial charge in [-0.05, 0) is 49.2 Å². The molecule has 1 aliphatic carbocycles. The van der Waals surface area contributed by atoms with E-state index in [1.165, 1.54) is 0 Å². The standard InChI is InChI=1S/C15H19NO3S/c1-9(2)11-8-12(10(3)7-13(11)17)16-19-15(18)14-5-4-6-20-14/h7-9,14H,4-6H2,1-3H3/b16-12-. The van der Waals surface area contributed by atoms with Gasteiger partial charge >= 0.3 is 5.97 Å². The highest BCUT2D eigenvalue weighted by Crippen LogP contribution is 2.27. The lowest BCUT2D eigenvalue weighted by atomic mass is 9.90. The normalized spacial score (nSPS) is 24.9. The van der Waals surface area contributed by atoms with Gasteiger partial charge in [-0.2, -0.15) is 0 Å². The van der Waals surface area contributed by atoms with E-state index in [0.717, 1.165) is 24.2 Å². The van der Waals surface area contributed by atoms with Crippen LogP contribution in [0.25, 0.3) is 0 Å². The van der Waals surface area contributed by atoms with E-state index in [2.05, 4.69) is 5.16 Å². The lowest BCUT2D eigenvalue weighted by molar-refractivity contribution is -0.142. The largest absolute Gasteiger partial charge is 0.347 e. The Morgan fingerprint density at radius 1 is 1.45 bits per heavy atom. The molecule has 0 bridgehead atoms. The van der Waals surface area contributed by atoms with E-state index in [1.54, 1.807) is 30.8 Å². The van der Waals surface area contributed by atoms with Gasteiger partial charge < -0.3 is 4.84 Å². The van der Waals surface area contributed by atoms with Crippen LogP contribution in [0.1, 0.15) is 33.6 Å². The quantitative estimate of drug-likeness (QED) is 0.456. The molecule has 0 aromatic carbocycles. The van der Waals surface area contributed by atoms with Crippen molar-refractivity contribution in [3.8, 4) is 0 Å². The molecule has 0 aromatic heterocycles. The van der Waals surface area contributed by atoms with Gasteiger partial charge in [0, 0.05) is 5.57 Å². The van der Waals surface area contributed by atoms with Crippen LogP contribution in [0.2, 0.25) is 0 Å². The highest BCUT2D eigenvalue weighted by molar-refractivity contribution is 8.00. The minimum absolute atomic E-state index is 0.00845. The zero-order chi connectivity index (χ0) is 14.7. The molecule has 1 atom stereocenters. The third-order valence-electron chi connectivity index (χ3n) is 3.38. The van der Waals surface area contributed by atoms with E-state index in [-0.39, 0.29) is 22.9 Å². The van der Waals surface area contributed by atoms with Crippen molar-refractivity contribution < 1.29 is 14.4 Å². The number of rotatable bonds is 3. The van der Waals surface area contributed by atoms with Crippen LogP contribution < -0.4 is 0 Å². The second-order valence-electron chi connectivity index (χ2n) is 5.33. The van der Waals surface area contributed by atoms with Crippen LogP contribution in [0.3, 0.4) is 0 Å². The first-order valence-corrected chi connectivity index (χ1v) is 7.89. The van der Waals surface area contributed by atoms with Crippen LogP contribution in [0.15, 0.2) is 28.5 Å². The summed E-state index contributed by atoms with van der Waals surface area (Å²) < 4.78 is 0. The zero-order valence-corrected chi connectivity index (χ0v) is 12.8. The Hall–Kier alpha value is -1.36. The second-order valence-corrected chi connectivity index (χ2v) is 6.65. The molecule has 0 N–H and O–H groups in total. The Kier molecular flexibility index (Phi) is 4.81. The number of allylic oxidation sites excluding steroid dienone is 4. The molecular weight excluding hydrogens is 274 g/mol. The molecule has 0 spiro atoms. The van der Waals surface area contributed by atoms with E-state index in [1.807, 2.05) is 13.8 Å². The summed E-state index contributed by atoms with van der Waals surface area (Å²) >= 11 is 1.62. The molecule has 2 aliphatic rings. The number of carbonyl (C=O) groups excluding carboxylic acids is 2. The third-order valence-corrected chi connectivity index (χ3v) is 4.73. The molecule has 1 unspecified atom stereocenters. The average Bonchev–Trinajstić information content (AvgIpc) is 2.90. The van der Waals surface area contributed by atoms with E-state index < -0.39 is 0 Å². The van der Waals surface area contributed by atoms with E-state index in [0.29, 0.717) is 11.3 Å². The number of carbonyl (C=O) groups is 2. The van der Waals surface area contributed by atoms with Crippen molar-refractivity contribution in [2.75, 3.05) is 5.75 Å². The van der Waals surface area contributed by atoms with E-state index >= 15 is 0 Å². The molecular formula is C15H19NO3S. The molecule has 108 valence electrons. The van der Waals surface area contributed by atoms with Gasteiger partial charge in [-0.3, -0.25) is 4.79 Å². The van der Waals surface area contributed by atoms with Gasteiger partial charge in [0.25, 0.3) is 0 Å². The summed E-state index contributed by atoms with van der Waals surface area (Å²) in [5.41, 5.74) is 1.98. The van der Waals surface area contributed by atoms with Crippen LogP contribution in [-0.2, 0) is 14.4 Å². The number of hydrogen-bond acceptors (Lipinski definition) is 5. The van der Waals surface area contributed by atoms with Crippen molar-refractivity contribution in [3.63, 3.8) is 0 Å². The van der Waals surface area contributed by atoms with Gasteiger partial charge in [0.05, 0.1) is 0 Å². The second kappa shape index (κ2) is 6.39. The van der Waals surface area contributed by atoms with Gasteiger partial charge in [-0.25, -0.2) is 4.79 Å². The minimum Gasteiger partial charge on any atom is -0.316 e. The Morgan fingerprint density at radius 3 is 2.80 bits per heavy atom. The number of oxime groups is 1. The van der Waals surface area contributed by atoms with Crippen LogP contribution in [0.4, 0.5) is 0 Å². The molecule has 0 amide bonds. The molecule has 1 aliphatic heterocycles. The highest BCUT2D eigenvalue weighted by atomic mass is 32.2. The first kappa shape index (κ1) is 15.0. The molecule has 4 nitrogen and oxygen atoms in total. The third kappa shape index (κ3) is 3.39. The summed E-state index contributed by atoms with van der Waals surface area (Å²) in [7, 11) is 0. The molecule has 0 aromatic rings. The average molecular weight is 293 g/mol. The Morgan fingerprint density at radius 2 is 2.20 bits per heavy atom. The first-order valence-electron chi connectivity index (χ1n) is 6.84. The van der Waals surface area contributed by atoms with Crippen molar-refractivity contribution in [2.24, 2.45) is 11.1 Å². The summed E-state index contributed by atoms with van der Waals surface area (Å²) in [4.78, 5) is 28.7. The first-order chi connectivity index (χ1) is 9.49. The van der Waals surface area contributed by atoms with E-state index in [9.17, 15) is 9.59 Å². The van der Waals surface area contributed by atoms with Gasteiger partial charge in [0.15, 0.2) is 5.78 Å². The molecule has 1 heterocycles. The highest BCUT2D eigenvalue weighted by Gasteiger charge is 2.26. The summed E-state index contributed by atoms with van der Waals surface area (Å²) in [6.07, 6.45) is 5.17. The zero-order valence-electron chi connectivity index (χ0n) is 12.0. The van der Waals surface area contributed by atoms with Crippen LogP contribution >= 0.6 is 11.8 Å². The van der Waals surface area contributed by atoms with Crippen LogP contribution in [0, 0.1) is 5.92 Å². The monoisotopic (exact) mass is 293 g/mol. The number of thioether (sulfide) groups is 1. The molecule has 0 saturated carbocycles. The maximum absolute atomic E-state index is 11.8. The summed E-state index contributed by atoms with van der Waals surface area (Å²) in [5.74, 6) is 0.845. The van der Waals surface area contributed by atoms with Gasteiger partial charge in [0.1, 0.15) is 11.0 Å². The van der Waals surface area contributed by atoms with Gasteiger partial charge in [-0.1, -0.05) is 19.0 Å². The Labute approximate surface area is 123 Å². The SMILES string of the molecule is CC1=CC(=O)C(C(C)C)=C/C1=N/OC(=O)C1CCCS1. The number of ketones is 1.